The first-order valence-corrected chi connectivity index (χ1v) is 9.36. The van der Waals surface area contributed by atoms with Crippen molar-refractivity contribution in [2.45, 2.75) is 39.3 Å². The van der Waals surface area contributed by atoms with Gasteiger partial charge in [-0.25, -0.2) is 14.4 Å². The number of amides is 5. The van der Waals surface area contributed by atoms with E-state index in [-0.39, 0.29) is 24.4 Å². The Morgan fingerprint density at radius 2 is 1.86 bits per heavy atom. The molecule has 29 heavy (non-hydrogen) atoms. The summed E-state index contributed by atoms with van der Waals surface area (Å²) in [6, 6.07) is 5.55. The molecule has 1 saturated heterocycles. The number of ether oxygens (including phenoxy) is 1. The Balaban J connectivity index is 1.93. The Morgan fingerprint density at radius 1 is 1.21 bits per heavy atom. The number of benzene rings is 1. The van der Waals surface area contributed by atoms with Crippen LogP contribution in [0, 0.1) is 6.92 Å². The van der Waals surface area contributed by atoms with E-state index in [2.05, 4.69) is 16.0 Å². The van der Waals surface area contributed by atoms with E-state index in [1.165, 1.54) is 0 Å². The molecule has 1 fully saturated rings. The largest absolute Gasteiger partial charge is 0.463 e. The monoisotopic (exact) mass is 400 g/mol. The number of hydrogen-bond acceptors (Lipinski definition) is 5. The summed E-state index contributed by atoms with van der Waals surface area (Å²) in [7, 11) is 0. The summed E-state index contributed by atoms with van der Waals surface area (Å²) in [4.78, 5) is 51.0. The van der Waals surface area contributed by atoms with Gasteiger partial charge < -0.3 is 20.7 Å². The molecule has 1 aromatic carbocycles. The van der Waals surface area contributed by atoms with Gasteiger partial charge >= 0.3 is 18.0 Å². The van der Waals surface area contributed by atoms with Gasteiger partial charge in [0, 0.05) is 0 Å². The molecule has 5 amide bonds. The number of aryl methyl sites for hydroxylation is 1. The minimum Gasteiger partial charge on any atom is -0.463 e. The second kappa shape index (κ2) is 7.57. The van der Waals surface area contributed by atoms with Crippen LogP contribution in [0.2, 0.25) is 0 Å². The molecule has 2 heterocycles. The first-order valence-electron chi connectivity index (χ1n) is 9.36. The molecule has 0 radical (unpaired) electrons. The van der Waals surface area contributed by atoms with Crippen molar-refractivity contribution >= 4 is 23.9 Å². The Labute approximate surface area is 168 Å². The molecule has 0 unspecified atom stereocenters. The fraction of sp³-hybridized carbons (Fsp3) is 0.400. The predicted molar refractivity (Wildman–Crippen MR) is 104 cm³/mol. The minimum atomic E-state index is -1.24. The van der Waals surface area contributed by atoms with Crippen LogP contribution in [-0.2, 0) is 19.9 Å². The summed E-state index contributed by atoms with van der Waals surface area (Å²) in [6.07, 6.45) is 0. The summed E-state index contributed by atoms with van der Waals surface area (Å²) < 4.78 is 5.06. The fourth-order valence-electron chi connectivity index (χ4n) is 3.49. The molecule has 2 atom stereocenters. The number of nitrogens with zero attached hydrogens (tertiary/aromatic N) is 1. The molecule has 0 bridgehead atoms. The number of carbonyl (C=O) groups is 4. The molecule has 0 aliphatic carbocycles. The summed E-state index contributed by atoms with van der Waals surface area (Å²) in [5, 5.41) is 7.83. The molecule has 2 aliphatic heterocycles. The van der Waals surface area contributed by atoms with E-state index in [1.807, 2.05) is 19.1 Å². The van der Waals surface area contributed by atoms with E-state index in [9.17, 15) is 19.2 Å². The molecule has 3 rings (SSSR count). The lowest BCUT2D eigenvalue weighted by Crippen LogP contribution is -2.52. The van der Waals surface area contributed by atoms with Crippen molar-refractivity contribution in [3.63, 3.8) is 0 Å². The van der Waals surface area contributed by atoms with Crippen molar-refractivity contribution in [3.05, 3.63) is 46.7 Å². The molecular weight excluding hydrogens is 376 g/mol. The van der Waals surface area contributed by atoms with Gasteiger partial charge in [0.1, 0.15) is 5.54 Å². The van der Waals surface area contributed by atoms with Crippen LogP contribution in [0.4, 0.5) is 9.59 Å². The van der Waals surface area contributed by atoms with Gasteiger partial charge in [-0.1, -0.05) is 29.8 Å². The van der Waals surface area contributed by atoms with Crippen molar-refractivity contribution in [2.24, 2.45) is 0 Å². The highest BCUT2D eigenvalue weighted by molar-refractivity contribution is 6.07. The van der Waals surface area contributed by atoms with Crippen molar-refractivity contribution in [1.82, 2.24) is 20.9 Å². The van der Waals surface area contributed by atoms with Crippen LogP contribution in [0.1, 0.15) is 31.9 Å². The van der Waals surface area contributed by atoms with Gasteiger partial charge in [-0.15, -0.1) is 0 Å². The maximum atomic E-state index is 13.1. The van der Waals surface area contributed by atoms with Crippen LogP contribution in [0.25, 0.3) is 0 Å². The van der Waals surface area contributed by atoms with Gasteiger partial charge in [0.05, 0.1) is 30.5 Å². The third-order valence-electron chi connectivity index (χ3n) is 5.09. The molecule has 0 saturated carbocycles. The highest BCUT2D eigenvalue weighted by Crippen LogP contribution is 2.30. The molecule has 0 aromatic heterocycles. The predicted octanol–water partition coefficient (Wildman–Crippen LogP) is 1.28. The Kier molecular flexibility index (Phi) is 5.32. The lowest BCUT2D eigenvalue weighted by Gasteiger charge is -2.28. The van der Waals surface area contributed by atoms with Crippen LogP contribution in [-0.4, -0.2) is 48.0 Å². The van der Waals surface area contributed by atoms with Crippen LogP contribution in [0.15, 0.2) is 35.5 Å². The number of esters is 1. The quantitative estimate of drug-likeness (QED) is 0.509. The first kappa shape index (κ1) is 20.4. The average molecular weight is 400 g/mol. The first-order chi connectivity index (χ1) is 13.7. The molecule has 154 valence electrons. The molecule has 0 spiro atoms. The number of rotatable bonds is 5. The van der Waals surface area contributed by atoms with Crippen molar-refractivity contribution < 1.29 is 23.9 Å². The van der Waals surface area contributed by atoms with Gasteiger partial charge in [0.15, 0.2) is 0 Å². The average Bonchev–Trinajstić information content (AvgIpc) is 2.86. The van der Waals surface area contributed by atoms with E-state index in [4.69, 9.17) is 4.74 Å². The van der Waals surface area contributed by atoms with E-state index >= 15 is 0 Å². The topological polar surface area (TPSA) is 117 Å². The Hall–Kier alpha value is -3.36. The zero-order chi connectivity index (χ0) is 21.3. The molecule has 1 aromatic rings. The van der Waals surface area contributed by atoms with Crippen molar-refractivity contribution in [2.75, 3.05) is 13.2 Å². The minimum absolute atomic E-state index is 0.158. The maximum Gasteiger partial charge on any atom is 0.337 e. The van der Waals surface area contributed by atoms with E-state index in [1.54, 1.807) is 32.9 Å². The molecule has 2 aliphatic rings. The van der Waals surface area contributed by atoms with Crippen molar-refractivity contribution in [1.29, 1.82) is 0 Å². The standard InChI is InChI=1S/C20H24N4O5/c1-5-29-16(25)15-12(3)21-18(27)22-14(15)10-24-17(26)20(4,23-19(24)28)13-8-6-11(2)7-9-13/h6-9,12H,5,10H2,1-4H3,(H,23,28)(H2,21,22,27)/t12-,20+/m1/s1. The third-order valence-corrected chi connectivity index (χ3v) is 5.09. The lowest BCUT2D eigenvalue weighted by molar-refractivity contribution is -0.139. The maximum absolute atomic E-state index is 13.1. The van der Waals surface area contributed by atoms with Gasteiger partial charge in [-0.2, -0.15) is 0 Å². The summed E-state index contributed by atoms with van der Waals surface area (Å²) in [6.45, 7) is 6.76. The summed E-state index contributed by atoms with van der Waals surface area (Å²) >= 11 is 0. The smallest absolute Gasteiger partial charge is 0.337 e. The van der Waals surface area contributed by atoms with Crippen molar-refractivity contribution in [3.8, 4) is 0 Å². The molecular formula is C20H24N4O5. The number of imide groups is 1. The van der Waals surface area contributed by atoms with Gasteiger partial charge in [0.2, 0.25) is 0 Å². The Morgan fingerprint density at radius 3 is 2.48 bits per heavy atom. The highest BCUT2D eigenvalue weighted by Gasteiger charge is 2.49. The van der Waals surface area contributed by atoms with E-state index in [0.29, 0.717) is 5.56 Å². The van der Waals surface area contributed by atoms with Gasteiger partial charge in [-0.05, 0) is 33.3 Å². The highest BCUT2D eigenvalue weighted by atomic mass is 16.5. The zero-order valence-electron chi connectivity index (χ0n) is 16.8. The number of nitrogens with one attached hydrogen (secondary N) is 3. The van der Waals surface area contributed by atoms with Crippen LogP contribution >= 0.6 is 0 Å². The molecule has 9 nitrogen and oxygen atoms in total. The van der Waals surface area contributed by atoms with Gasteiger partial charge in [0.25, 0.3) is 5.91 Å². The Bertz CT molecular complexity index is 908. The number of hydrogen-bond donors (Lipinski definition) is 3. The molecule has 9 heteroatoms. The zero-order valence-corrected chi connectivity index (χ0v) is 16.8. The van der Waals surface area contributed by atoms with E-state index < -0.39 is 35.5 Å². The van der Waals surface area contributed by atoms with Crippen LogP contribution in [0.3, 0.4) is 0 Å². The number of carbonyl (C=O) groups excluding carboxylic acids is 4. The SMILES string of the molecule is CCOC(=O)C1=C(CN2C(=O)N[C@@](C)(c3ccc(C)cc3)C2=O)NC(=O)N[C@@H]1C. The molecule has 3 N–H and O–H groups in total. The van der Waals surface area contributed by atoms with E-state index in [0.717, 1.165) is 10.5 Å². The van der Waals surface area contributed by atoms with Crippen LogP contribution in [0.5, 0.6) is 0 Å². The third kappa shape index (κ3) is 3.67. The van der Waals surface area contributed by atoms with Gasteiger partial charge in [-0.3, -0.25) is 9.69 Å². The normalized spacial score (nSPS) is 24.2. The second-order valence-electron chi connectivity index (χ2n) is 7.25. The lowest BCUT2D eigenvalue weighted by atomic mass is 9.91. The van der Waals surface area contributed by atoms with Crippen LogP contribution < -0.4 is 16.0 Å². The summed E-state index contributed by atoms with van der Waals surface area (Å²) in [5.74, 6) is -1.08. The fourth-order valence-corrected chi connectivity index (χ4v) is 3.49. The summed E-state index contributed by atoms with van der Waals surface area (Å²) in [5.41, 5.74) is 0.776. The second-order valence-corrected chi connectivity index (χ2v) is 7.25. The number of urea groups is 2.